The van der Waals surface area contributed by atoms with Crippen LogP contribution in [0.15, 0.2) is 29.4 Å². The van der Waals surface area contributed by atoms with Crippen molar-refractivity contribution in [2.24, 2.45) is 5.11 Å². The molecule has 0 aliphatic heterocycles. The molecule has 1 aromatic carbocycles. The van der Waals surface area contributed by atoms with Gasteiger partial charge in [-0.15, -0.1) is 0 Å². The number of nitro benzene ring substituents is 1. The summed E-state index contributed by atoms with van der Waals surface area (Å²) in [7, 11) is 0. The van der Waals surface area contributed by atoms with Crippen LogP contribution < -0.4 is 4.74 Å². The molecule has 0 bridgehead atoms. The highest BCUT2D eigenvalue weighted by molar-refractivity contribution is 5.61. The third-order valence-corrected chi connectivity index (χ3v) is 2.05. The molecule has 0 unspecified atom stereocenters. The van der Waals surface area contributed by atoms with Crippen molar-refractivity contribution in [3.05, 3.63) is 50.4 Å². The van der Waals surface area contributed by atoms with E-state index in [1.54, 1.807) is 18.2 Å². The lowest BCUT2D eigenvalue weighted by molar-refractivity contribution is -0.384. The second-order valence-corrected chi connectivity index (χ2v) is 3.23. The molecule has 1 aromatic rings. The van der Waals surface area contributed by atoms with Crippen LogP contribution in [0.25, 0.3) is 16.5 Å². The Hall–Kier alpha value is -2.53. The summed E-state index contributed by atoms with van der Waals surface area (Å²) in [5, 5.41) is 14.0. The predicted octanol–water partition coefficient (Wildman–Crippen LogP) is 3.32. The van der Waals surface area contributed by atoms with Crippen LogP contribution in [0.4, 0.5) is 5.69 Å². The molecule has 1 rings (SSSR count). The van der Waals surface area contributed by atoms with E-state index in [1.807, 2.05) is 6.92 Å². The Balaban J connectivity index is 3.02. The largest absolute Gasteiger partial charge is 0.493 e. The fraction of sp³-hybridized carbons (Fsp3) is 0.273. The number of nitro groups is 1. The van der Waals surface area contributed by atoms with Crippen molar-refractivity contribution in [2.75, 3.05) is 13.2 Å². The van der Waals surface area contributed by atoms with Crippen LogP contribution in [-0.2, 0) is 0 Å². The second kappa shape index (κ2) is 6.93. The summed E-state index contributed by atoms with van der Waals surface area (Å²) in [6.07, 6.45) is 3.24. The predicted molar refractivity (Wildman–Crippen MR) is 67.3 cm³/mol. The van der Waals surface area contributed by atoms with E-state index in [2.05, 4.69) is 10.0 Å². The number of azide groups is 1. The van der Waals surface area contributed by atoms with E-state index in [9.17, 15) is 10.1 Å². The number of benzene rings is 1. The summed E-state index contributed by atoms with van der Waals surface area (Å²) >= 11 is 0. The summed E-state index contributed by atoms with van der Waals surface area (Å²) in [5.41, 5.74) is 8.70. The van der Waals surface area contributed by atoms with E-state index in [-0.39, 0.29) is 12.2 Å². The zero-order valence-electron chi connectivity index (χ0n) is 9.81. The normalized spacial score (nSPS) is 10.1. The summed E-state index contributed by atoms with van der Waals surface area (Å²) < 4.78 is 5.35. The van der Waals surface area contributed by atoms with Gasteiger partial charge in [-0.1, -0.05) is 17.3 Å². The van der Waals surface area contributed by atoms with Gasteiger partial charge in [-0.25, -0.2) is 0 Å². The van der Waals surface area contributed by atoms with Crippen LogP contribution >= 0.6 is 0 Å². The molecule has 7 nitrogen and oxygen atoms in total. The Morgan fingerprint density at radius 2 is 2.39 bits per heavy atom. The molecule has 18 heavy (non-hydrogen) atoms. The lowest BCUT2D eigenvalue weighted by Gasteiger charge is -2.06. The lowest BCUT2D eigenvalue weighted by Crippen LogP contribution is -1.95. The molecule has 0 saturated carbocycles. The van der Waals surface area contributed by atoms with Crippen molar-refractivity contribution >= 4 is 11.8 Å². The van der Waals surface area contributed by atoms with Gasteiger partial charge in [0.1, 0.15) is 5.75 Å². The number of hydrogen-bond acceptors (Lipinski definition) is 4. The maximum absolute atomic E-state index is 10.7. The summed E-state index contributed by atoms with van der Waals surface area (Å²) in [4.78, 5) is 12.8. The van der Waals surface area contributed by atoms with Crippen LogP contribution in [-0.4, -0.2) is 18.1 Å². The Morgan fingerprint density at radius 1 is 1.61 bits per heavy atom. The third-order valence-electron chi connectivity index (χ3n) is 2.05. The lowest BCUT2D eigenvalue weighted by atomic mass is 10.1. The number of rotatable bonds is 6. The third kappa shape index (κ3) is 3.80. The number of ether oxygens (including phenoxy) is 1. The first-order chi connectivity index (χ1) is 8.69. The first-order valence-electron chi connectivity index (χ1n) is 5.27. The highest BCUT2D eigenvalue weighted by Gasteiger charge is 2.09. The van der Waals surface area contributed by atoms with Crippen molar-refractivity contribution in [3.63, 3.8) is 0 Å². The van der Waals surface area contributed by atoms with E-state index in [4.69, 9.17) is 10.3 Å². The molecule has 0 heterocycles. The minimum Gasteiger partial charge on any atom is -0.493 e. The Labute approximate surface area is 103 Å². The molecule has 0 atom stereocenters. The molecule has 0 N–H and O–H groups in total. The standard InChI is InChI=1S/C11H12N4O3/c1-2-18-11-6-5-10(15(16)17)8-9(11)4-3-7-13-14-12/h3-6,8H,2,7H2,1H3. The molecule has 0 saturated heterocycles. The van der Waals surface area contributed by atoms with Crippen LogP contribution in [0, 0.1) is 10.1 Å². The van der Waals surface area contributed by atoms with Crippen molar-refractivity contribution in [2.45, 2.75) is 6.92 Å². The smallest absolute Gasteiger partial charge is 0.270 e. The fourth-order valence-electron chi connectivity index (χ4n) is 1.33. The molecule has 0 fully saturated rings. The number of non-ortho nitro benzene ring substituents is 1. The highest BCUT2D eigenvalue weighted by atomic mass is 16.6. The maximum Gasteiger partial charge on any atom is 0.270 e. The molecule has 0 aromatic heterocycles. The summed E-state index contributed by atoms with van der Waals surface area (Å²) in [6, 6.07) is 4.35. The SMILES string of the molecule is CCOc1ccc([N+](=O)[O-])cc1C=CCN=[N+]=[N-]. The molecular formula is C11H12N4O3. The van der Waals surface area contributed by atoms with Crippen LogP contribution in [0.3, 0.4) is 0 Å². The van der Waals surface area contributed by atoms with Gasteiger partial charge >= 0.3 is 0 Å². The summed E-state index contributed by atoms with van der Waals surface area (Å²) in [5.74, 6) is 0.556. The first-order valence-corrected chi connectivity index (χ1v) is 5.27. The monoisotopic (exact) mass is 248 g/mol. The van der Waals surface area contributed by atoms with Gasteiger partial charge in [0.25, 0.3) is 5.69 Å². The van der Waals surface area contributed by atoms with Gasteiger partial charge < -0.3 is 4.74 Å². The van der Waals surface area contributed by atoms with E-state index < -0.39 is 4.92 Å². The zero-order chi connectivity index (χ0) is 13.4. The first kappa shape index (κ1) is 13.5. The van der Waals surface area contributed by atoms with E-state index >= 15 is 0 Å². The Bertz CT molecular complexity index is 507. The van der Waals surface area contributed by atoms with Crippen LogP contribution in [0.2, 0.25) is 0 Å². The van der Waals surface area contributed by atoms with Crippen molar-refractivity contribution in [1.82, 2.24) is 0 Å². The Kier molecular flexibility index (Phi) is 5.21. The van der Waals surface area contributed by atoms with Gasteiger partial charge in [-0.3, -0.25) is 10.1 Å². The van der Waals surface area contributed by atoms with E-state index in [0.29, 0.717) is 17.9 Å². The quantitative estimate of drug-likeness (QED) is 0.253. The zero-order valence-corrected chi connectivity index (χ0v) is 9.81. The average Bonchev–Trinajstić information content (AvgIpc) is 2.36. The van der Waals surface area contributed by atoms with Gasteiger partial charge in [-0.05, 0) is 18.5 Å². The minimum absolute atomic E-state index is 0.0121. The van der Waals surface area contributed by atoms with Gasteiger partial charge in [-0.2, -0.15) is 0 Å². The van der Waals surface area contributed by atoms with Gasteiger partial charge in [0.05, 0.1) is 11.5 Å². The van der Waals surface area contributed by atoms with Crippen molar-refractivity contribution in [3.8, 4) is 5.75 Å². The summed E-state index contributed by atoms with van der Waals surface area (Å²) in [6.45, 7) is 2.48. The van der Waals surface area contributed by atoms with Gasteiger partial charge in [0.15, 0.2) is 0 Å². The molecule has 94 valence electrons. The van der Waals surface area contributed by atoms with Crippen molar-refractivity contribution < 1.29 is 9.66 Å². The van der Waals surface area contributed by atoms with E-state index in [0.717, 1.165) is 0 Å². The topological polar surface area (TPSA) is 101 Å². The second-order valence-electron chi connectivity index (χ2n) is 3.23. The average molecular weight is 248 g/mol. The maximum atomic E-state index is 10.7. The van der Waals surface area contributed by atoms with Crippen LogP contribution in [0.1, 0.15) is 12.5 Å². The molecule has 0 aliphatic rings. The molecule has 0 amide bonds. The molecule has 0 radical (unpaired) electrons. The molecule has 0 spiro atoms. The Morgan fingerprint density at radius 3 is 3.00 bits per heavy atom. The fourth-order valence-corrected chi connectivity index (χ4v) is 1.33. The molecule has 0 aliphatic carbocycles. The molecular weight excluding hydrogens is 236 g/mol. The van der Waals surface area contributed by atoms with Gasteiger partial charge in [0.2, 0.25) is 0 Å². The molecule has 7 heteroatoms. The van der Waals surface area contributed by atoms with Gasteiger partial charge in [0, 0.05) is 29.2 Å². The highest BCUT2D eigenvalue weighted by Crippen LogP contribution is 2.25. The van der Waals surface area contributed by atoms with Crippen molar-refractivity contribution in [1.29, 1.82) is 0 Å². The number of nitrogens with zero attached hydrogens (tertiary/aromatic N) is 4. The van der Waals surface area contributed by atoms with Crippen LogP contribution in [0.5, 0.6) is 5.75 Å². The minimum atomic E-state index is -0.472. The van der Waals surface area contributed by atoms with E-state index in [1.165, 1.54) is 12.1 Å². The number of hydrogen-bond donors (Lipinski definition) is 0.